The monoisotopic (exact) mass is 332 g/mol. The predicted octanol–water partition coefficient (Wildman–Crippen LogP) is 3.51. The highest BCUT2D eigenvalue weighted by Gasteiger charge is 2.30. The first kappa shape index (κ1) is 15.1. The van der Waals surface area contributed by atoms with Crippen LogP contribution in [0.1, 0.15) is 5.56 Å². The number of urea groups is 1. The van der Waals surface area contributed by atoms with Crippen molar-refractivity contribution in [3.05, 3.63) is 66.2 Å². The molecule has 0 spiro atoms. The van der Waals surface area contributed by atoms with Gasteiger partial charge in [-0.15, -0.1) is 0 Å². The van der Waals surface area contributed by atoms with Gasteiger partial charge in [-0.3, -0.25) is 0 Å². The quantitative estimate of drug-likeness (QED) is 0.797. The van der Waals surface area contributed by atoms with E-state index in [-0.39, 0.29) is 12.0 Å². The minimum Gasteiger partial charge on any atom is -0.467 e. The Bertz CT molecular complexity index is 913. The molecule has 0 unspecified atom stereocenters. The first-order valence-corrected chi connectivity index (χ1v) is 7.91. The van der Waals surface area contributed by atoms with E-state index in [2.05, 4.69) is 15.3 Å². The summed E-state index contributed by atoms with van der Waals surface area (Å²) in [7, 11) is 1.52. The number of aromatic nitrogens is 2. The number of benzene rings is 2. The second kappa shape index (κ2) is 6.24. The van der Waals surface area contributed by atoms with Gasteiger partial charge in [0.15, 0.2) is 5.82 Å². The fraction of sp³-hybridized carbons (Fsp3) is 0.105. The smallest absolute Gasteiger partial charge is 0.327 e. The number of carbonyl (C=O) groups is 1. The van der Waals surface area contributed by atoms with Crippen LogP contribution in [0.25, 0.3) is 11.3 Å². The Labute approximate surface area is 145 Å². The van der Waals surface area contributed by atoms with Gasteiger partial charge in [-0.2, -0.15) is 9.97 Å². The predicted molar refractivity (Wildman–Crippen MR) is 94.8 cm³/mol. The standard InChI is InChI=1S/C19H16N4O2/c1-25-18-21-16(13-8-4-2-5-9-13)15-12-20-19(24)23(17(15)22-18)14-10-6-3-7-11-14/h2-11H,12H2,1H3,(H,20,24). The fourth-order valence-corrected chi connectivity index (χ4v) is 2.88. The molecule has 1 aliphatic heterocycles. The van der Waals surface area contributed by atoms with Gasteiger partial charge in [0.1, 0.15) is 0 Å². The van der Waals surface area contributed by atoms with Gasteiger partial charge in [-0.05, 0) is 12.1 Å². The highest BCUT2D eigenvalue weighted by Crippen LogP contribution is 2.36. The van der Waals surface area contributed by atoms with Gasteiger partial charge in [-0.25, -0.2) is 9.69 Å². The van der Waals surface area contributed by atoms with Crippen LogP contribution in [-0.4, -0.2) is 23.1 Å². The Hall–Kier alpha value is -3.41. The molecule has 2 heterocycles. The van der Waals surface area contributed by atoms with Crippen molar-refractivity contribution in [1.29, 1.82) is 0 Å². The van der Waals surface area contributed by atoms with Crippen LogP contribution >= 0.6 is 0 Å². The second-order valence-electron chi connectivity index (χ2n) is 5.56. The van der Waals surface area contributed by atoms with Crippen LogP contribution in [0.3, 0.4) is 0 Å². The van der Waals surface area contributed by atoms with E-state index in [1.54, 1.807) is 4.90 Å². The molecular weight excluding hydrogens is 316 g/mol. The Morgan fingerprint density at radius 1 is 1.00 bits per heavy atom. The molecule has 6 nitrogen and oxygen atoms in total. The first-order valence-electron chi connectivity index (χ1n) is 7.91. The summed E-state index contributed by atoms with van der Waals surface area (Å²) in [6.45, 7) is 0.367. The molecule has 0 fully saturated rings. The number of ether oxygens (including phenoxy) is 1. The molecule has 1 aromatic heterocycles. The van der Waals surface area contributed by atoms with Crippen molar-refractivity contribution in [1.82, 2.24) is 15.3 Å². The normalized spacial score (nSPS) is 13.2. The third-order valence-electron chi connectivity index (χ3n) is 4.04. The highest BCUT2D eigenvalue weighted by molar-refractivity contribution is 6.01. The molecule has 0 atom stereocenters. The van der Waals surface area contributed by atoms with Gasteiger partial charge in [0.2, 0.25) is 0 Å². The lowest BCUT2D eigenvalue weighted by atomic mass is 10.0. The molecule has 0 bridgehead atoms. The maximum atomic E-state index is 12.5. The molecular formula is C19H16N4O2. The van der Waals surface area contributed by atoms with Gasteiger partial charge < -0.3 is 10.1 Å². The van der Waals surface area contributed by atoms with Crippen molar-refractivity contribution in [3.63, 3.8) is 0 Å². The van der Waals surface area contributed by atoms with E-state index in [0.29, 0.717) is 12.4 Å². The number of para-hydroxylation sites is 1. The molecule has 6 heteroatoms. The summed E-state index contributed by atoms with van der Waals surface area (Å²) >= 11 is 0. The average Bonchev–Trinajstić information content (AvgIpc) is 2.68. The van der Waals surface area contributed by atoms with Crippen LogP contribution < -0.4 is 15.0 Å². The number of hydrogen-bond acceptors (Lipinski definition) is 4. The van der Waals surface area contributed by atoms with E-state index >= 15 is 0 Å². The molecule has 124 valence electrons. The zero-order valence-corrected chi connectivity index (χ0v) is 13.6. The van der Waals surface area contributed by atoms with E-state index in [9.17, 15) is 4.79 Å². The third-order valence-corrected chi connectivity index (χ3v) is 4.04. The van der Waals surface area contributed by atoms with E-state index < -0.39 is 0 Å². The molecule has 1 aliphatic rings. The Morgan fingerprint density at radius 3 is 2.36 bits per heavy atom. The molecule has 4 rings (SSSR count). The Kier molecular flexibility index (Phi) is 3.78. The number of fused-ring (bicyclic) bond motifs is 1. The number of amides is 2. The lowest BCUT2D eigenvalue weighted by Gasteiger charge is -2.30. The Morgan fingerprint density at radius 2 is 1.68 bits per heavy atom. The minimum absolute atomic E-state index is 0.224. The topological polar surface area (TPSA) is 67.4 Å². The van der Waals surface area contributed by atoms with Crippen LogP contribution in [-0.2, 0) is 6.54 Å². The Balaban J connectivity index is 1.94. The van der Waals surface area contributed by atoms with Crippen LogP contribution in [0.15, 0.2) is 60.7 Å². The van der Waals surface area contributed by atoms with Crippen LogP contribution in [0, 0.1) is 0 Å². The molecule has 0 saturated carbocycles. The summed E-state index contributed by atoms with van der Waals surface area (Å²) < 4.78 is 5.28. The van der Waals surface area contributed by atoms with E-state index in [4.69, 9.17) is 4.74 Å². The summed E-state index contributed by atoms with van der Waals surface area (Å²) in [5.41, 5.74) is 3.29. The van der Waals surface area contributed by atoms with Crippen molar-refractivity contribution in [3.8, 4) is 17.3 Å². The zero-order valence-electron chi connectivity index (χ0n) is 13.6. The average molecular weight is 332 g/mol. The second-order valence-corrected chi connectivity index (χ2v) is 5.56. The summed E-state index contributed by atoms with van der Waals surface area (Å²) in [6.07, 6.45) is 0. The van der Waals surface area contributed by atoms with Crippen LogP contribution in [0.5, 0.6) is 6.01 Å². The summed E-state index contributed by atoms with van der Waals surface area (Å²) in [5.74, 6) is 0.542. The van der Waals surface area contributed by atoms with Crippen molar-refractivity contribution in [2.75, 3.05) is 12.0 Å². The maximum absolute atomic E-state index is 12.5. The van der Waals surface area contributed by atoms with Crippen molar-refractivity contribution >= 4 is 17.5 Å². The summed E-state index contributed by atoms with van der Waals surface area (Å²) in [5, 5.41) is 2.90. The van der Waals surface area contributed by atoms with Gasteiger partial charge in [0, 0.05) is 11.1 Å². The van der Waals surface area contributed by atoms with Gasteiger partial charge in [-0.1, -0.05) is 48.5 Å². The van der Waals surface area contributed by atoms with E-state index in [0.717, 1.165) is 22.5 Å². The molecule has 3 aromatic rings. The number of rotatable bonds is 3. The molecule has 25 heavy (non-hydrogen) atoms. The largest absolute Gasteiger partial charge is 0.467 e. The third kappa shape index (κ3) is 2.67. The number of hydrogen-bond donors (Lipinski definition) is 1. The number of nitrogens with zero attached hydrogens (tertiary/aromatic N) is 3. The van der Waals surface area contributed by atoms with E-state index in [1.807, 2.05) is 60.7 Å². The summed E-state index contributed by atoms with van der Waals surface area (Å²) in [6, 6.07) is 19.2. The zero-order chi connectivity index (χ0) is 17.2. The number of anilines is 2. The SMILES string of the molecule is COc1nc(-c2ccccc2)c2c(n1)N(c1ccccc1)C(=O)NC2. The van der Waals surface area contributed by atoms with Crippen LogP contribution in [0.4, 0.5) is 16.3 Å². The fourth-order valence-electron chi connectivity index (χ4n) is 2.88. The van der Waals surface area contributed by atoms with Crippen LogP contribution in [0.2, 0.25) is 0 Å². The maximum Gasteiger partial charge on any atom is 0.327 e. The van der Waals surface area contributed by atoms with Crippen molar-refractivity contribution in [2.24, 2.45) is 0 Å². The molecule has 0 aliphatic carbocycles. The lowest BCUT2D eigenvalue weighted by Crippen LogP contribution is -2.42. The molecule has 2 amide bonds. The number of methoxy groups -OCH3 is 1. The number of carbonyl (C=O) groups excluding carboxylic acids is 1. The highest BCUT2D eigenvalue weighted by atomic mass is 16.5. The number of nitrogens with one attached hydrogen (secondary N) is 1. The van der Waals surface area contributed by atoms with Gasteiger partial charge in [0.25, 0.3) is 0 Å². The van der Waals surface area contributed by atoms with Gasteiger partial charge >= 0.3 is 12.0 Å². The summed E-state index contributed by atoms with van der Waals surface area (Å²) in [4.78, 5) is 23.0. The molecule has 0 radical (unpaired) electrons. The molecule has 2 aromatic carbocycles. The molecule has 1 N–H and O–H groups in total. The van der Waals surface area contributed by atoms with Crippen molar-refractivity contribution < 1.29 is 9.53 Å². The van der Waals surface area contributed by atoms with Crippen molar-refractivity contribution in [2.45, 2.75) is 6.54 Å². The molecule has 0 saturated heterocycles. The van der Waals surface area contributed by atoms with Gasteiger partial charge in [0.05, 0.1) is 25.0 Å². The lowest BCUT2D eigenvalue weighted by molar-refractivity contribution is 0.246. The minimum atomic E-state index is -0.224. The van der Waals surface area contributed by atoms with E-state index in [1.165, 1.54) is 7.11 Å². The first-order chi connectivity index (χ1) is 12.3.